The van der Waals surface area contributed by atoms with Crippen LogP contribution in [0.15, 0.2) is 70.9 Å². The minimum atomic E-state index is -3.48. The van der Waals surface area contributed by atoms with E-state index in [1.165, 1.54) is 0 Å². The molecule has 0 bridgehead atoms. The van der Waals surface area contributed by atoms with E-state index >= 15 is 0 Å². The number of nitrogens with zero attached hydrogens (tertiary/aromatic N) is 2. The zero-order chi connectivity index (χ0) is 23.3. The molecule has 8 heteroatoms. The number of thiophene rings is 1. The highest BCUT2D eigenvalue weighted by molar-refractivity contribution is 7.89. The number of amides is 1. The molecule has 0 spiro atoms. The first kappa shape index (κ1) is 23.5. The van der Waals surface area contributed by atoms with Gasteiger partial charge in [0.05, 0.1) is 25.0 Å². The number of carbonyl (C=O) groups excluding carboxylic acids is 1. The van der Waals surface area contributed by atoms with Crippen LogP contribution in [0.2, 0.25) is 0 Å². The normalized spacial score (nSPS) is 14.7. The number of methoxy groups -OCH3 is 1. The molecule has 0 N–H and O–H groups in total. The van der Waals surface area contributed by atoms with Crippen LogP contribution >= 0.6 is 11.3 Å². The van der Waals surface area contributed by atoms with E-state index in [0.29, 0.717) is 19.6 Å². The number of piperidine rings is 1. The van der Waals surface area contributed by atoms with Gasteiger partial charge in [0.2, 0.25) is 15.9 Å². The highest BCUT2D eigenvalue weighted by Crippen LogP contribution is 2.25. The Balaban J connectivity index is 1.51. The monoisotopic (exact) mass is 484 g/mol. The molecule has 3 aromatic rings. The van der Waals surface area contributed by atoms with Crippen molar-refractivity contribution in [1.29, 1.82) is 0 Å². The molecule has 0 atom stereocenters. The van der Waals surface area contributed by atoms with E-state index in [9.17, 15) is 13.2 Å². The lowest BCUT2D eigenvalue weighted by Crippen LogP contribution is -2.35. The van der Waals surface area contributed by atoms with Crippen LogP contribution in [-0.2, 0) is 27.8 Å². The Morgan fingerprint density at radius 2 is 1.70 bits per heavy atom. The quantitative estimate of drug-likeness (QED) is 0.465. The first-order valence-corrected chi connectivity index (χ1v) is 13.4. The van der Waals surface area contributed by atoms with Gasteiger partial charge in [-0.1, -0.05) is 24.6 Å². The van der Waals surface area contributed by atoms with Crippen LogP contribution in [0.5, 0.6) is 5.75 Å². The fourth-order valence-electron chi connectivity index (χ4n) is 3.95. The van der Waals surface area contributed by atoms with Gasteiger partial charge in [0.15, 0.2) is 0 Å². The predicted octanol–water partition coefficient (Wildman–Crippen LogP) is 4.71. The Hall–Kier alpha value is -2.68. The summed E-state index contributed by atoms with van der Waals surface area (Å²) in [5, 5.41) is 1.99. The maximum Gasteiger partial charge on any atom is 0.243 e. The molecule has 1 fully saturated rings. The van der Waals surface area contributed by atoms with Crippen molar-refractivity contribution in [2.45, 2.75) is 37.1 Å². The highest BCUT2D eigenvalue weighted by Gasteiger charge is 2.26. The summed E-state index contributed by atoms with van der Waals surface area (Å²) in [5.74, 6) is 0.674. The molecule has 174 valence electrons. The van der Waals surface area contributed by atoms with Gasteiger partial charge >= 0.3 is 0 Å². The molecule has 6 nitrogen and oxygen atoms in total. The summed E-state index contributed by atoms with van der Waals surface area (Å²) in [6.45, 7) is 1.62. The number of ether oxygens (including phenoxy) is 1. The molecule has 1 amide bonds. The lowest BCUT2D eigenvalue weighted by Gasteiger charge is -2.26. The first-order chi connectivity index (χ1) is 16.0. The Bertz CT molecular complexity index is 1150. The third kappa shape index (κ3) is 5.63. The smallest absolute Gasteiger partial charge is 0.243 e. The number of hydrogen-bond acceptors (Lipinski definition) is 5. The maximum absolute atomic E-state index is 13.3. The summed E-state index contributed by atoms with van der Waals surface area (Å²) in [6, 6.07) is 18.1. The Morgan fingerprint density at radius 1 is 1.00 bits per heavy atom. The lowest BCUT2D eigenvalue weighted by molar-refractivity contribution is -0.118. The zero-order valence-electron chi connectivity index (χ0n) is 18.6. The number of carbonyl (C=O) groups is 1. The number of anilines is 1. The Kier molecular flexibility index (Phi) is 7.47. The molecule has 4 rings (SSSR count). The van der Waals surface area contributed by atoms with Crippen molar-refractivity contribution in [1.82, 2.24) is 4.31 Å². The average molecular weight is 485 g/mol. The second-order valence-electron chi connectivity index (χ2n) is 8.04. The topological polar surface area (TPSA) is 66.9 Å². The molecule has 1 aliphatic heterocycles. The van der Waals surface area contributed by atoms with Crippen molar-refractivity contribution in [2.75, 3.05) is 25.1 Å². The van der Waals surface area contributed by atoms with E-state index in [2.05, 4.69) is 0 Å². The molecule has 1 aliphatic rings. The third-order valence-electron chi connectivity index (χ3n) is 5.81. The van der Waals surface area contributed by atoms with Crippen molar-refractivity contribution < 1.29 is 17.9 Å². The lowest BCUT2D eigenvalue weighted by atomic mass is 10.1. The number of sulfonamides is 1. The summed E-state index contributed by atoms with van der Waals surface area (Å²) < 4.78 is 32.6. The molecule has 2 heterocycles. The van der Waals surface area contributed by atoms with Crippen LogP contribution < -0.4 is 9.64 Å². The Morgan fingerprint density at radius 3 is 2.30 bits per heavy atom. The second-order valence-corrected chi connectivity index (χ2v) is 11.0. The maximum atomic E-state index is 13.3. The van der Waals surface area contributed by atoms with Gasteiger partial charge in [-0.15, -0.1) is 11.3 Å². The van der Waals surface area contributed by atoms with Gasteiger partial charge in [-0.05, 0) is 66.2 Å². The van der Waals surface area contributed by atoms with Gasteiger partial charge in [-0.3, -0.25) is 4.79 Å². The minimum Gasteiger partial charge on any atom is -0.497 e. The molecule has 0 unspecified atom stereocenters. The van der Waals surface area contributed by atoms with Crippen molar-refractivity contribution in [3.05, 3.63) is 76.5 Å². The van der Waals surface area contributed by atoms with Crippen molar-refractivity contribution >= 4 is 33.0 Å². The van der Waals surface area contributed by atoms with Gasteiger partial charge in [-0.2, -0.15) is 4.31 Å². The van der Waals surface area contributed by atoms with Crippen molar-refractivity contribution in [3.8, 4) is 5.75 Å². The molecule has 1 aromatic heterocycles. The molecule has 0 saturated carbocycles. The van der Waals surface area contributed by atoms with E-state index in [0.717, 1.165) is 41.1 Å². The van der Waals surface area contributed by atoms with Crippen LogP contribution in [0.4, 0.5) is 5.69 Å². The van der Waals surface area contributed by atoms with Crippen LogP contribution in [0.1, 0.15) is 29.7 Å². The number of rotatable bonds is 8. The number of benzene rings is 2. The fourth-order valence-corrected chi connectivity index (χ4v) is 6.16. The van der Waals surface area contributed by atoms with E-state index in [1.807, 2.05) is 41.8 Å². The van der Waals surface area contributed by atoms with Crippen molar-refractivity contribution in [3.63, 3.8) is 0 Å². The summed E-state index contributed by atoms with van der Waals surface area (Å²) >= 11 is 1.61. The molecular formula is C25H28N2O4S2. The predicted molar refractivity (Wildman–Crippen MR) is 131 cm³/mol. The van der Waals surface area contributed by atoms with Gasteiger partial charge in [0.25, 0.3) is 0 Å². The summed E-state index contributed by atoms with van der Waals surface area (Å²) in [7, 11) is -1.87. The van der Waals surface area contributed by atoms with Crippen LogP contribution in [-0.4, -0.2) is 38.8 Å². The van der Waals surface area contributed by atoms with E-state index < -0.39 is 10.0 Å². The standard InChI is InChI=1S/C25H28N2O4S2/c1-31-22-11-9-21(10-12-22)27(19-23-6-5-17-32-23)25(28)18-20-7-13-24(14-8-20)33(29,30)26-15-3-2-4-16-26/h5-14,17H,2-4,15-16,18-19H2,1H3. The van der Waals surface area contributed by atoms with E-state index in [1.54, 1.807) is 51.9 Å². The van der Waals surface area contributed by atoms with Crippen LogP contribution in [0, 0.1) is 0 Å². The largest absolute Gasteiger partial charge is 0.497 e. The van der Waals surface area contributed by atoms with Crippen LogP contribution in [0.3, 0.4) is 0 Å². The third-order valence-corrected chi connectivity index (χ3v) is 8.58. The molecule has 0 aliphatic carbocycles. The molecule has 0 radical (unpaired) electrons. The average Bonchev–Trinajstić information content (AvgIpc) is 3.37. The summed E-state index contributed by atoms with van der Waals surface area (Å²) in [4.78, 5) is 16.4. The van der Waals surface area contributed by atoms with Crippen molar-refractivity contribution in [2.24, 2.45) is 0 Å². The van der Waals surface area contributed by atoms with Gasteiger partial charge < -0.3 is 9.64 Å². The summed E-state index contributed by atoms with van der Waals surface area (Å²) in [5.41, 5.74) is 1.57. The van der Waals surface area contributed by atoms with Gasteiger partial charge in [-0.25, -0.2) is 8.42 Å². The highest BCUT2D eigenvalue weighted by atomic mass is 32.2. The molecule has 33 heavy (non-hydrogen) atoms. The first-order valence-electron chi connectivity index (χ1n) is 11.0. The van der Waals surface area contributed by atoms with Gasteiger partial charge in [0, 0.05) is 23.7 Å². The molecular weight excluding hydrogens is 456 g/mol. The Labute approximate surface area is 199 Å². The molecule has 1 saturated heterocycles. The number of hydrogen-bond donors (Lipinski definition) is 0. The zero-order valence-corrected chi connectivity index (χ0v) is 20.3. The van der Waals surface area contributed by atoms with Crippen LogP contribution in [0.25, 0.3) is 0 Å². The van der Waals surface area contributed by atoms with Gasteiger partial charge in [0.1, 0.15) is 5.75 Å². The fraction of sp³-hybridized carbons (Fsp3) is 0.320. The minimum absolute atomic E-state index is 0.0554. The molecule has 2 aromatic carbocycles. The SMILES string of the molecule is COc1ccc(N(Cc2cccs2)C(=O)Cc2ccc(S(=O)(=O)N3CCCCC3)cc2)cc1. The van der Waals surface area contributed by atoms with E-state index in [-0.39, 0.29) is 17.2 Å². The summed E-state index contributed by atoms with van der Waals surface area (Å²) in [6.07, 6.45) is 3.05. The van der Waals surface area contributed by atoms with E-state index in [4.69, 9.17) is 4.74 Å². The second kappa shape index (κ2) is 10.5.